The molecule has 0 bridgehead atoms. The van der Waals surface area contributed by atoms with Gasteiger partial charge in [-0.05, 0) is 31.5 Å². The Hall–Kier alpha value is -1.55. The van der Waals surface area contributed by atoms with Gasteiger partial charge in [0.05, 0.1) is 6.10 Å². The molecule has 15 heavy (non-hydrogen) atoms. The number of aliphatic hydroxyl groups is 1. The summed E-state index contributed by atoms with van der Waals surface area (Å²) in [5, 5.41) is 9.34. The third-order valence-electron chi connectivity index (χ3n) is 2.05. The molecule has 1 unspecified atom stereocenters. The number of rotatable bonds is 4. The molecule has 4 nitrogen and oxygen atoms in total. The molecule has 4 heteroatoms. The van der Waals surface area contributed by atoms with Gasteiger partial charge in [-0.25, -0.2) is 0 Å². The van der Waals surface area contributed by atoms with Crippen LogP contribution in [-0.2, 0) is 4.79 Å². The third kappa shape index (κ3) is 3.25. The smallest absolute Gasteiger partial charge is 0.258 e. The number of benzene rings is 1. The monoisotopic (exact) mass is 209 g/mol. The summed E-state index contributed by atoms with van der Waals surface area (Å²) in [7, 11) is 0. The Morgan fingerprint density at radius 1 is 1.47 bits per heavy atom. The molecule has 0 saturated carbocycles. The molecule has 0 aromatic heterocycles. The fourth-order valence-corrected chi connectivity index (χ4v) is 1.11. The largest absolute Gasteiger partial charge is 0.481 e. The van der Waals surface area contributed by atoms with Crippen molar-refractivity contribution in [3.63, 3.8) is 0 Å². The molecule has 1 aromatic rings. The first kappa shape index (κ1) is 11.5. The quantitative estimate of drug-likeness (QED) is 0.776. The Labute approximate surface area is 88.7 Å². The van der Waals surface area contributed by atoms with E-state index in [-0.39, 0.29) is 0 Å². The molecular weight excluding hydrogens is 194 g/mol. The van der Waals surface area contributed by atoms with E-state index in [4.69, 9.17) is 10.5 Å². The Kier molecular flexibility index (Phi) is 3.68. The number of hydrogen-bond acceptors (Lipinski definition) is 3. The van der Waals surface area contributed by atoms with Gasteiger partial charge in [0, 0.05) is 0 Å². The summed E-state index contributed by atoms with van der Waals surface area (Å²) in [6.45, 7) is 3.24. The molecule has 0 aliphatic heterocycles. The van der Waals surface area contributed by atoms with E-state index in [1.165, 1.54) is 0 Å². The van der Waals surface area contributed by atoms with Crippen molar-refractivity contribution in [2.75, 3.05) is 0 Å². The van der Waals surface area contributed by atoms with Crippen LogP contribution in [-0.4, -0.2) is 17.1 Å². The zero-order chi connectivity index (χ0) is 11.4. The summed E-state index contributed by atoms with van der Waals surface area (Å²) in [6.07, 6.45) is -1.23. The fourth-order valence-electron chi connectivity index (χ4n) is 1.11. The third-order valence-corrected chi connectivity index (χ3v) is 2.05. The molecule has 0 aliphatic carbocycles. The maximum atomic E-state index is 10.8. The predicted octanol–water partition coefficient (Wildman–Crippen LogP) is 0.992. The first-order valence-corrected chi connectivity index (χ1v) is 4.74. The number of ether oxygens (including phenoxy) is 1. The summed E-state index contributed by atoms with van der Waals surface area (Å²) >= 11 is 0. The average molecular weight is 209 g/mol. The van der Waals surface area contributed by atoms with Crippen molar-refractivity contribution in [1.29, 1.82) is 0 Å². The van der Waals surface area contributed by atoms with Gasteiger partial charge < -0.3 is 15.6 Å². The van der Waals surface area contributed by atoms with Crippen molar-refractivity contribution in [1.82, 2.24) is 0 Å². The highest BCUT2D eigenvalue weighted by Gasteiger charge is 2.10. The Morgan fingerprint density at radius 3 is 2.67 bits per heavy atom. The van der Waals surface area contributed by atoms with Crippen LogP contribution in [0.1, 0.15) is 25.5 Å². The second kappa shape index (κ2) is 4.79. The maximum absolute atomic E-state index is 10.8. The highest BCUT2D eigenvalue weighted by molar-refractivity contribution is 5.78. The zero-order valence-electron chi connectivity index (χ0n) is 8.81. The van der Waals surface area contributed by atoms with E-state index in [9.17, 15) is 9.90 Å². The van der Waals surface area contributed by atoms with Crippen molar-refractivity contribution in [2.45, 2.75) is 26.1 Å². The molecule has 1 rings (SSSR count). The average Bonchev–Trinajstić information content (AvgIpc) is 2.18. The van der Waals surface area contributed by atoms with Gasteiger partial charge >= 0.3 is 0 Å². The van der Waals surface area contributed by atoms with Gasteiger partial charge in [0.15, 0.2) is 6.10 Å². The van der Waals surface area contributed by atoms with Crippen LogP contribution >= 0.6 is 0 Å². The van der Waals surface area contributed by atoms with Crippen LogP contribution in [0.4, 0.5) is 0 Å². The fraction of sp³-hybridized carbons (Fsp3) is 0.364. The van der Waals surface area contributed by atoms with Crippen LogP contribution < -0.4 is 10.5 Å². The lowest BCUT2D eigenvalue weighted by Crippen LogP contribution is -2.30. The minimum atomic E-state index is -0.672. The van der Waals surface area contributed by atoms with Gasteiger partial charge in [-0.3, -0.25) is 4.79 Å². The highest BCUT2D eigenvalue weighted by atomic mass is 16.5. The minimum Gasteiger partial charge on any atom is -0.481 e. The lowest BCUT2D eigenvalue weighted by Gasteiger charge is -2.12. The molecule has 0 fully saturated rings. The lowest BCUT2D eigenvalue weighted by molar-refractivity contribution is -0.123. The second-order valence-electron chi connectivity index (χ2n) is 3.41. The molecule has 0 saturated heterocycles. The van der Waals surface area contributed by atoms with E-state index in [2.05, 4.69) is 0 Å². The first-order valence-electron chi connectivity index (χ1n) is 4.74. The standard InChI is InChI=1S/C11H15NO3/c1-7(13)9-4-3-5-10(6-9)15-8(2)11(12)14/h3-8,13H,1-2H3,(H2,12,14)/t7-,8?/m0/s1. The van der Waals surface area contributed by atoms with E-state index < -0.39 is 18.1 Å². The molecule has 82 valence electrons. The Balaban J connectivity index is 2.78. The Bertz CT molecular complexity index is 349. The van der Waals surface area contributed by atoms with Crippen LogP contribution in [0, 0.1) is 0 Å². The molecule has 2 atom stereocenters. The van der Waals surface area contributed by atoms with Crippen molar-refractivity contribution in [3.8, 4) is 5.75 Å². The van der Waals surface area contributed by atoms with Gasteiger partial charge in [-0.1, -0.05) is 12.1 Å². The topological polar surface area (TPSA) is 72.6 Å². The number of hydrogen-bond donors (Lipinski definition) is 2. The molecule has 0 radical (unpaired) electrons. The number of carbonyl (C=O) groups excluding carboxylic acids is 1. The molecular formula is C11H15NO3. The Morgan fingerprint density at radius 2 is 2.13 bits per heavy atom. The van der Waals surface area contributed by atoms with Crippen molar-refractivity contribution >= 4 is 5.91 Å². The number of amides is 1. The molecule has 0 heterocycles. The minimum absolute atomic E-state index is 0.516. The van der Waals surface area contributed by atoms with Crippen LogP contribution in [0.15, 0.2) is 24.3 Å². The van der Waals surface area contributed by atoms with Crippen molar-refractivity contribution < 1.29 is 14.6 Å². The number of aliphatic hydroxyl groups excluding tert-OH is 1. The second-order valence-corrected chi connectivity index (χ2v) is 3.41. The molecule has 3 N–H and O–H groups in total. The van der Waals surface area contributed by atoms with Gasteiger partial charge in [0.25, 0.3) is 5.91 Å². The predicted molar refractivity (Wildman–Crippen MR) is 56.4 cm³/mol. The summed E-state index contributed by atoms with van der Waals surface area (Å²) < 4.78 is 5.28. The molecule has 1 amide bonds. The summed E-state index contributed by atoms with van der Waals surface area (Å²) in [6, 6.07) is 6.94. The number of carbonyl (C=O) groups is 1. The molecule has 0 spiro atoms. The van der Waals surface area contributed by atoms with E-state index in [0.717, 1.165) is 5.56 Å². The SMILES string of the molecule is CC(Oc1cccc([C@H](C)O)c1)C(N)=O. The van der Waals surface area contributed by atoms with Crippen LogP contribution in [0.3, 0.4) is 0 Å². The normalized spacial score (nSPS) is 14.3. The van der Waals surface area contributed by atoms with Gasteiger partial charge in [-0.2, -0.15) is 0 Å². The maximum Gasteiger partial charge on any atom is 0.258 e. The van der Waals surface area contributed by atoms with E-state index >= 15 is 0 Å². The van der Waals surface area contributed by atoms with Gasteiger partial charge in [-0.15, -0.1) is 0 Å². The van der Waals surface area contributed by atoms with E-state index in [1.54, 1.807) is 38.1 Å². The van der Waals surface area contributed by atoms with E-state index in [1.807, 2.05) is 0 Å². The van der Waals surface area contributed by atoms with Crippen LogP contribution in [0.2, 0.25) is 0 Å². The zero-order valence-corrected chi connectivity index (χ0v) is 8.81. The van der Waals surface area contributed by atoms with Crippen molar-refractivity contribution in [3.05, 3.63) is 29.8 Å². The summed E-state index contributed by atoms with van der Waals surface area (Å²) in [4.78, 5) is 10.8. The van der Waals surface area contributed by atoms with Crippen LogP contribution in [0.5, 0.6) is 5.75 Å². The van der Waals surface area contributed by atoms with E-state index in [0.29, 0.717) is 5.75 Å². The van der Waals surface area contributed by atoms with Crippen LogP contribution in [0.25, 0.3) is 0 Å². The van der Waals surface area contributed by atoms with Gasteiger partial charge in [0.1, 0.15) is 5.75 Å². The number of nitrogens with two attached hydrogens (primary N) is 1. The molecule has 1 aromatic carbocycles. The van der Waals surface area contributed by atoms with Gasteiger partial charge in [0.2, 0.25) is 0 Å². The lowest BCUT2D eigenvalue weighted by atomic mass is 10.1. The summed E-state index contributed by atoms with van der Waals surface area (Å²) in [5.41, 5.74) is 5.81. The highest BCUT2D eigenvalue weighted by Crippen LogP contribution is 2.19. The molecule has 0 aliphatic rings. The summed E-state index contributed by atoms with van der Waals surface area (Å²) in [5.74, 6) is 0.0113. The number of primary amides is 1. The van der Waals surface area contributed by atoms with Crippen molar-refractivity contribution in [2.24, 2.45) is 5.73 Å². The first-order chi connectivity index (χ1) is 7.00.